The van der Waals surface area contributed by atoms with Gasteiger partial charge >= 0.3 is 0 Å². The Balaban J connectivity index is 1.81. The van der Waals surface area contributed by atoms with Crippen molar-refractivity contribution in [3.8, 4) is 0 Å². The normalized spacial score (nSPS) is 18.9. The smallest absolute Gasteiger partial charge is 0.242 e. The van der Waals surface area contributed by atoms with Crippen LogP contribution in [0.15, 0.2) is 30.3 Å². The fraction of sp³-hybridized carbons (Fsp3) is 0.429. The van der Waals surface area contributed by atoms with Gasteiger partial charge in [0.1, 0.15) is 0 Å². The number of para-hydroxylation sites is 1. The highest BCUT2D eigenvalue weighted by Gasteiger charge is 2.30. The first kappa shape index (κ1) is 17.6. The molecule has 23 heavy (non-hydrogen) atoms. The fourth-order valence-corrected chi connectivity index (χ4v) is 3.44. The molecular weight excluding hydrogens is 336 g/mol. The van der Waals surface area contributed by atoms with Crippen LogP contribution in [0.5, 0.6) is 0 Å². The van der Waals surface area contributed by atoms with Crippen LogP contribution in [0.25, 0.3) is 0 Å². The zero-order chi connectivity index (χ0) is 16.9. The van der Waals surface area contributed by atoms with Crippen molar-refractivity contribution in [1.82, 2.24) is 15.2 Å². The number of carbonyl (C=O) groups is 1. The van der Waals surface area contributed by atoms with Crippen LogP contribution in [0.3, 0.4) is 0 Å². The molecule has 1 aromatic rings. The van der Waals surface area contributed by atoms with E-state index < -0.39 is 10.0 Å². The molecule has 1 unspecified atom stereocenters. The molecule has 9 heteroatoms. The Hall–Kier alpha value is -1.71. The number of hydrogen-bond donors (Lipinski definition) is 3. The molecule has 126 valence electrons. The summed E-state index contributed by atoms with van der Waals surface area (Å²) >= 11 is 5.10. The van der Waals surface area contributed by atoms with Gasteiger partial charge in [-0.2, -0.15) is 0 Å². The summed E-state index contributed by atoms with van der Waals surface area (Å²) in [6, 6.07) is 9.32. The van der Waals surface area contributed by atoms with Gasteiger partial charge in [-0.15, -0.1) is 0 Å². The fourth-order valence-electron chi connectivity index (χ4n) is 2.36. The van der Waals surface area contributed by atoms with E-state index in [1.165, 1.54) is 4.31 Å². The third-order valence-corrected chi connectivity index (χ3v) is 5.03. The molecule has 0 radical (unpaired) electrons. The van der Waals surface area contributed by atoms with E-state index in [0.29, 0.717) is 19.4 Å². The Morgan fingerprint density at radius 1 is 1.26 bits per heavy atom. The third-order valence-electron chi connectivity index (χ3n) is 3.55. The summed E-state index contributed by atoms with van der Waals surface area (Å²) in [6.45, 7) is 0.662. The van der Waals surface area contributed by atoms with Gasteiger partial charge in [-0.3, -0.25) is 15.6 Å². The number of hydrogen-bond acceptors (Lipinski definition) is 4. The van der Waals surface area contributed by atoms with Crippen LogP contribution in [0.4, 0.5) is 5.69 Å². The Morgan fingerprint density at radius 3 is 2.61 bits per heavy atom. The lowest BCUT2D eigenvalue weighted by atomic mass is 9.99. The number of benzene rings is 1. The maximum Gasteiger partial charge on any atom is 0.242 e. The zero-order valence-electron chi connectivity index (χ0n) is 12.8. The van der Waals surface area contributed by atoms with Gasteiger partial charge in [-0.25, -0.2) is 12.7 Å². The highest BCUT2D eigenvalue weighted by molar-refractivity contribution is 7.88. The molecular formula is C14H20N4O3S2. The highest BCUT2D eigenvalue weighted by atomic mass is 32.2. The van der Waals surface area contributed by atoms with Gasteiger partial charge in [0, 0.05) is 18.8 Å². The first-order valence-corrected chi connectivity index (χ1v) is 9.49. The topological polar surface area (TPSA) is 90.5 Å². The summed E-state index contributed by atoms with van der Waals surface area (Å²) in [5.41, 5.74) is 5.97. The molecule has 1 heterocycles. The number of rotatable bonds is 3. The van der Waals surface area contributed by atoms with Gasteiger partial charge in [-0.05, 0) is 37.2 Å². The second kappa shape index (κ2) is 7.71. The second-order valence-corrected chi connectivity index (χ2v) is 7.79. The molecule has 0 spiro atoms. The van der Waals surface area contributed by atoms with Crippen molar-refractivity contribution in [2.45, 2.75) is 12.8 Å². The number of hydrazine groups is 1. The highest BCUT2D eigenvalue weighted by Crippen LogP contribution is 2.18. The first-order chi connectivity index (χ1) is 10.9. The summed E-state index contributed by atoms with van der Waals surface area (Å²) in [4.78, 5) is 12.1. The molecule has 1 aliphatic rings. The van der Waals surface area contributed by atoms with Crippen LogP contribution in [-0.2, 0) is 14.8 Å². The van der Waals surface area contributed by atoms with E-state index in [9.17, 15) is 13.2 Å². The average molecular weight is 356 g/mol. The number of nitrogens with one attached hydrogen (secondary N) is 3. The van der Waals surface area contributed by atoms with Crippen molar-refractivity contribution >= 4 is 38.9 Å². The van der Waals surface area contributed by atoms with Crippen molar-refractivity contribution in [2.24, 2.45) is 5.92 Å². The van der Waals surface area contributed by atoms with Gasteiger partial charge in [0.05, 0.1) is 12.2 Å². The molecule has 0 bridgehead atoms. The molecule has 0 aliphatic carbocycles. The van der Waals surface area contributed by atoms with Crippen LogP contribution >= 0.6 is 12.2 Å². The molecule has 0 saturated carbocycles. The number of anilines is 1. The predicted molar refractivity (Wildman–Crippen MR) is 93.1 cm³/mol. The lowest BCUT2D eigenvalue weighted by molar-refractivity contribution is -0.126. The average Bonchev–Trinajstić information content (AvgIpc) is 2.53. The Morgan fingerprint density at radius 2 is 1.96 bits per heavy atom. The molecule has 1 saturated heterocycles. The molecule has 1 amide bonds. The monoisotopic (exact) mass is 356 g/mol. The molecule has 1 aromatic carbocycles. The predicted octanol–water partition coefficient (Wildman–Crippen LogP) is 0.676. The lowest BCUT2D eigenvalue weighted by Gasteiger charge is -2.30. The minimum atomic E-state index is -3.27. The lowest BCUT2D eigenvalue weighted by Crippen LogP contribution is -2.50. The standard InChI is InChI=1S/C14H20N4O3S2/c1-23(20,21)18-9-5-6-11(10-18)13(19)16-17-14(22)15-12-7-3-2-4-8-12/h2-4,7-8,11H,5-6,9-10H2,1H3,(H,16,19)(H2,15,17,22). The maximum atomic E-state index is 12.1. The van der Waals surface area contributed by atoms with Crippen LogP contribution in [0.2, 0.25) is 0 Å². The number of piperidine rings is 1. The van der Waals surface area contributed by atoms with E-state index in [4.69, 9.17) is 12.2 Å². The molecule has 1 aliphatic heterocycles. The van der Waals surface area contributed by atoms with Crippen molar-refractivity contribution < 1.29 is 13.2 Å². The molecule has 3 N–H and O–H groups in total. The Labute approximate surface area is 141 Å². The number of nitrogens with zero attached hydrogens (tertiary/aromatic N) is 1. The number of amides is 1. The summed E-state index contributed by atoms with van der Waals surface area (Å²) in [6.07, 6.45) is 2.47. The minimum Gasteiger partial charge on any atom is -0.331 e. The summed E-state index contributed by atoms with van der Waals surface area (Å²) in [5.74, 6) is -0.652. The van der Waals surface area contributed by atoms with E-state index in [2.05, 4.69) is 16.2 Å². The van der Waals surface area contributed by atoms with Gasteiger partial charge in [0.15, 0.2) is 5.11 Å². The van der Waals surface area contributed by atoms with Gasteiger partial charge in [0.2, 0.25) is 15.9 Å². The van der Waals surface area contributed by atoms with Crippen LogP contribution in [0, 0.1) is 5.92 Å². The minimum absolute atomic E-state index is 0.200. The summed E-state index contributed by atoms with van der Waals surface area (Å²) in [7, 11) is -3.27. The maximum absolute atomic E-state index is 12.1. The van der Waals surface area contributed by atoms with E-state index in [1.54, 1.807) is 0 Å². The van der Waals surface area contributed by atoms with E-state index in [1.807, 2.05) is 30.3 Å². The molecule has 7 nitrogen and oxygen atoms in total. The third kappa shape index (κ3) is 5.45. The van der Waals surface area contributed by atoms with Crippen molar-refractivity contribution in [3.05, 3.63) is 30.3 Å². The molecule has 2 rings (SSSR count). The molecule has 1 fully saturated rings. The first-order valence-electron chi connectivity index (χ1n) is 7.23. The quantitative estimate of drug-likeness (QED) is 0.545. The van der Waals surface area contributed by atoms with Gasteiger partial charge in [-0.1, -0.05) is 18.2 Å². The summed E-state index contributed by atoms with van der Waals surface area (Å²) < 4.78 is 24.5. The van der Waals surface area contributed by atoms with E-state index >= 15 is 0 Å². The van der Waals surface area contributed by atoms with Crippen molar-refractivity contribution in [3.63, 3.8) is 0 Å². The van der Waals surface area contributed by atoms with Crippen LogP contribution in [-0.4, -0.2) is 43.1 Å². The van der Waals surface area contributed by atoms with Crippen molar-refractivity contribution in [1.29, 1.82) is 0 Å². The Bertz CT molecular complexity index is 664. The van der Waals surface area contributed by atoms with Gasteiger partial charge in [0.25, 0.3) is 0 Å². The second-order valence-electron chi connectivity index (χ2n) is 5.39. The number of thiocarbonyl (C=S) groups is 1. The van der Waals surface area contributed by atoms with Gasteiger partial charge < -0.3 is 5.32 Å². The largest absolute Gasteiger partial charge is 0.331 e. The zero-order valence-corrected chi connectivity index (χ0v) is 14.4. The molecule has 1 atom stereocenters. The summed E-state index contributed by atoms with van der Waals surface area (Å²) in [5, 5.41) is 3.20. The molecule has 0 aromatic heterocycles. The van der Waals surface area contributed by atoms with E-state index in [-0.39, 0.29) is 23.5 Å². The van der Waals surface area contributed by atoms with Crippen LogP contribution in [0.1, 0.15) is 12.8 Å². The SMILES string of the molecule is CS(=O)(=O)N1CCCC(C(=O)NNC(=S)Nc2ccccc2)C1. The van der Waals surface area contributed by atoms with E-state index in [0.717, 1.165) is 11.9 Å². The number of sulfonamides is 1. The number of carbonyl (C=O) groups excluding carboxylic acids is 1. The Kier molecular flexibility index (Phi) is 5.91. The van der Waals surface area contributed by atoms with Crippen LogP contribution < -0.4 is 16.2 Å². The van der Waals surface area contributed by atoms with Crippen molar-refractivity contribution in [2.75, 3.05) is 24.7 Å².